The SMILES string of the molecule is C[C@@H](NC(=O)COCc1nc2ccccc2s1)C12CC3CC(CC(C3)C1)C2. The van der Waals surface area contributed by atoms with Gasteiger partial charge >= 0.3 is 0 Å². The van der Waals surface area contributed by atoms with Gasteiger partial charge in [-0.3, -0.25) is 4.79 Å². The van der Waals surface area contributed by atoms with E-state index in [0.717, 1.165) is 33.0 Å². The van der Waals surface area contributed by atoms with Crippen LogP contribution in [-0.4, -0.2) is 23.5 Å². The fraction of sp³-hybridized carbons (Fsp3) is 0.636. The van der Waals surface area contributed by atoms with Crippen LogP contribution in [0.1, 0.15) is 50.5 Å². The summed E-state index contributed by atoms with van der Waals surface area (Å²) in [5, 5.41) is 4.20. The number of fused-ring (bicyclic) bond motifs is 1. The molecule has 4 aliphatic carbocycles. The van der Waals surface area contributed by atoms with Crippen LogP contribution >= 0.6 is 11.3 Å². The molecular formula is C22H28N2O2S. The first-order valence-corrected chi connectivity index (χ1v) is 11.1. The Balaban J connectivity index is 1.14. The lowest BCUT2D eigenvalue weighted by Gasteiger charge is -2.59. The van der Waals surface area contributed by atoms with E-state index in [1.54, 1.807) is 11.3 Å². The highest BCUT2D eigenvalue weighted by Gasteiger charge is 2.53. The summed E-state index contributed by atoms with van der Waals surface area (Å²) < 4.78 is 6.83. The van der Waals surface area contributed by atoms with Gasteiger partial charge in [-0.05, 0) is 80.8 Å². The van der Waals surface area contributed by atoms with Crippen molar-refractivity contribution in [2.75, 3.05) is 6.61 Å². The van der Waals surface area contributed by atoms with Crippen molar-refractivity contribution < 1.29 is 9.53 Å². The van der Waals surface area contributed by atoms with Crippen molar-refractivity contribution in [2.24, 2.45) is 23.2 Å². The largest absolute Gasteiger partial charge is 0.364 e. The fourth-order valence-electron chi connectivity index (χ4n) is 6.36. The van der Waals surface area contributed by atoms with Crippen LogP contribution in [0.3, 0.4) is 0 Å². The predicted octanol–water partition coefficient (Wildman–Crippen LogP) is 4.53. The summed E-state index contributed by atoms with van der Waals surface area (Å²) in [7, 11) is 0. The number of amides is 1. The van der Waals surface area contributed by atoms with Crippen LogP contribution in [0.4, 0.5) is 0 Å². The molecule has 1 atom stereocenters. The number of para-hydroxylation sites is 1. The molecule has 0 unspecified atom stereocenters. The maximum absolute atomic E-state index is 12.5. The van der Waals surface area contributed by atoms with Crippen LogP contribution < -0.4 is 5.32 Å². The van der Waals surface area contributed by atoms with Crippen molar-refractivity contribution in [1.29, 1.82) is 0 Å². The number of nitrogens with one attached hydrogen (secondary N) is 1. The maximum Gasteiger partial charge on any atom is 0.246 e. The van der Waals surface area contributed by atoms with Gasteiger partial charge in [0.2, 0.25) is 5.91 Å². The molecule has 5 heteroatoms. The van der Waals surface area contributed by atoms with Gasteiger partial charge in [-0.25, -0.2) is 4.98 Å². The number of thiazole rings is 1. The zero-order valence-electron chi connectivity index (χ0n) is 15.9. The molecule has 1 heterocycles. The number of hydrogen-bond acceptors (Lipinski definition) is 4. The van der Waals surface area contributed by atoms with E-state index >= 15 is 0 Å². The van der Waals surface area contributed by atoms with E-state index in [1.807, 2.05) is 18.2 Å². The zero-order chi connectivity index (χ0) is 18.4. The highest BCUT2D eigenvalue weighted by Crippen LogP contribution is 2.61. The Hall–Kier alpha value is -1.46. The number of rotatable bonds is 6. The first kappa shape index (κ1) is 17.6. The number of carbonyl (C=O) groups excluding carboxylic acids is 1. The van der Waals surface area contributed by atoms with Crippen LogP contribution in [0.5, 0.6) is 0 Å². The molecule has 0 aliphatic heterocycles. The predicted molar refractivity (Wildman–Crippen MR) is 107 cm³/mol. The fourth-order valence-corrected chi connectivity index (χ4v) is 7.26. The molecule has 27 heavy (non-hydrogen) atoms. The Morgan fingerprint density at radius 2 is 1.89 bits per heavy atom. The van der Waals surface area contributed by atoms with Gasteiger partial charge in [-0.15, -0.1) is 11.3 Å². The van der Waals surface area contributed by atoms with Crippen LogP contribution in [-0.2, 0) is 16.1 Å². The van der Waals surface area contributed by atoms with Crippen LogP contribution in [0, 0.1) is 23.2 Å². The minimum atomic E-state index is 0.0133. The van der Waals surface area contributed by atoms with E-state index in [4.69, 9.17) is 4.74 Å². The molecule has 4 nitrogen and oxygen atoms in total. The second-order valence-electron chi connectivity index (χ2n) is 9.14. The van der Waals surface area contributed by atoms with Gasteiger partial charge in [0.05, 0.1) is 16.8 Å². The molecule has 4 bridgehead atoms. The monoisotopic (exact) mass is 384 g/mol. The molecule has 4 aliphatic rings. The van der Waals surface area contributed by atoms with Crippen LogP contribution in [0.15, 0.2) is 24.3 Å². The van der Waals surface area contributed by atoms with Gasteiger partial charge < -0.3 is 10.1 Å². The van der Waals surface area contributed by atoms with E-state index < -0.39 is 0 Å². The standard InChI is InChI=1S/C22H28N2O2S/c1-14(22-9-15-6-16(10-22)8-17(7-15)11-22)23-20(25)12-26-13-21-24-18-4-2-3-5-19(18)27-21/h2-5,14-17H,6-13H2,1H3,(H,23,25)/t14-,15?,16?,17?,22?/m1/s1. The number of carbonyl (C=O) groups is 1. The van der Waals surface area contributed by atoms with Gasteiger partial charge in [0, 0.05) is 6.04 Å². The van der Waals surface area contributed by atoms with E-state index in [-0.39, 0.29) is 18.6 Å². The van der Waals surface area contributed by atoms with Gasteiger partial charge in [-0.2, -0.15) is 0 Å². The number of hydrogen-bond donors (Lipinski definition) is 1. The third kappa shape index (κ3) is 3.40. The second-order valence-corrected chi connectivity index (χ2v) is 10.3. The van der Waals surface area contributed by atoms with Crippen LogP contribution in [0.25, 0.3) is 10.2 Å². The normalized spacial score (nSPS) is 32.7. The lowest BCUT2D eigenvalue weighted by Crippen LogP contribution is -2.56. The van der Waals surface area contributed by atoms with E-state index in [0.29, 0.717) is 12.0 Å². The number of nitrogens with zero attached hydrogens (tertiary/aromatic N) is 1. The molecule has 0 radical (unpaired) electrons. The van der Waals surface area contributed by atoms with Crippen molar-refractivity contribution in [1.82, 2.24) is 10.3 Å². The number of aromatic nitrogens is 1. The van der Waals surface area contributed by atoms with Crippen molar-refractivity contribution >= 4 is 27.5 Å². The molecule has 1 aromatic carbocycles. The van der Waals surface area contributed by atoms with E-state index in [1.165, 1.54) is 38.5 Å². The summed E-state index contributed by atoms with van der Waals surface area (Å²) in [5.74, 6) is 2.74. The molecule has 4 saturated carbocycles. The topological polar surface area (TPSA) is 51.2 Å². The summed E-state index contributed by atoms with van der Waals surface area (Å²) in [6.07, 6.45) is 8.24. The number of benzene rings is 1. The van der Waals surface area contributed by atoms with E-state index in [2.05, 4.69) is 23.3 Å². The van der Waals surface area contributed by atoms with Crippen molar-refractivity contribution in [3.63, 3.8) is 0 Å². The quantitative estimate of drug-likeness (QED) is 0.796. The summed E-state index contributed by atoms with van der Waals surface area (Å²) >= 11 is 1.63. The number of ether oxygens (including phenoxy) is 1. The minimum absolute atomic E-state index is 0.0133. The Kier molecular flexibility index (Phi) is 4.47. The van der Waals surface area contributed by atoms with Gasteiger partial charge in [0.1, 0.15) is 11.6 Å². The Morgan fingerprint density at radius 3 is 2.56 bits per heavy atom. The highest BCUT2D eigenvalue weighted by atomic mass is 32.1. The summed E-state index contributed by atoms with van der Waals surface area (Å²) in [6.45, 7) is 2.74. The molecule has 144 valence electrons. The Labute approximate surface area is 164 Å². The molecule has 1 aromatic heterocycles. The molecule has 6 rings (SSSR count). The average molecular weight is 385 g/mol. The highest BCUT2D eigenvalue weighted by molar-refractivity contribution is 7.18. The molecule has 1 amide bonds. The molecule has 0 saturated heterocycles. The third-order valence-electron chi connectivity index (χ3n) is 7.18. The first-order chi connectivity index (χ1) is 13.1. The smallest absolute Gasteiger partial charge is 0.246 e. The summed E-state index contributed by atoms with van der Waals surface area (Å²) in [4.78, 5) is 17.0. The first-order valence-electron chi connectivity index (χ1n) is 10.3. The molecule has 4 fully saturated rings. The van der Waals surface area contributed by atoms with Gasteiger partial charge in [0.25, 0.3) is 0 Å². The summed E-state index contributed by atoms with van der Waals surface area (Å²) in [6, 6.07) is 8.34. The van der Waals surface area contributed by atoms with Gasteiger partial charge in [0.15, 0.2) is 0 Å². The Morgan fingerprint density at radius 1 is 1.22 bits per heavy atom. The second kappa shape index (κ2) is 6.85. The van der Waals surface area contributed by atoms with Crippen LogP contribution in [0.2, 0.25) is 0 Å². The Bertz CT molecular complexity index is 777. The summed E-state index contributed by atoms with van der Waals surface area (Å²) in [5.41, 5.74) is 1.35. The molecular weight excluding hydrogens is 356 g/mol. The maximum atomic E-state index is 12.5. The van der Waals surface area contributed by atoms with E-state index in [9.17, 15) is 4.79 Å². The minimum Gasteiger partial charge on any atom is -0.364 e. The lowest BCUT2D eigenvalue weighted by molar-refractivity contribution is -0.130. The lowest BCUT2D eigenvalue weighted by atomic mass is 9.48. The average Bonchev–Trinajstić information content (AvgIpc) is 3.03. The third-order valence-corrected chi connectivity index (χ3v) is 8.19. The molecule has 1 N–H and O–H groups in total. The van der Waals surface area contributed by atoms with Crippen molar-refractivity contribution in [3.05, 3.63) is 29.3 Å². The van der Waals surface area contributed by atoms with Crippen molar-refractivity contribution in [3.8, 4) is 0 Å². The zero-order valence-corrected chi connectivity index (χ0v) is 16.8. The van der Waals surface area contributed by atoms with Crippen molar-refractivity contribution in [2.45, 2.75) is 58.1 Å². The molecule has 0 spiro atoms. The molecule has 2 aromatic rings. The van der Waals surface area contributed by atoms with Gasteiger partial charge in [-0.1, -0.05) is 12.1 Å².